The monoisotopic (exact) mass is 332 g/mol. The van der Waals surface area contributed by atoms with E-state index < -0.39 is 5.54 Å². The first kappa shape index (κ1) is 18.4. The highest BCUT2D eigenvalue weighted by atomic mass is 16.5. The number of nitrogens with two attached hydrogens (primary N) is 1. The van der Waals surface area contributed by atoms with Crippen LogP contribution in [-0.2, 0) is 0 Å². The molecule has 2 aromatic heterocycles. The average Bonchev–Trinajstić information content (AvgIpc) is 2.89. The molecule has 1 amide bonds. The molecule has 0 aliphatic rings. The van der Waals surface area contributed by atoms with Gasteiger partial charge in [0.15, 0.2) is 0 Å². The van der Waals surface area contributed by atoms with E-state index in [1.807, 2.05) is 27.7 Å². The molecule has 132 valence electrons. The molecule has 2 rings (SSSR count). The van der Waals surface area contributed by atoms with Crippen molar-refractivity contribution < 1.29 is 9.32 Å². The molecule has 0 radical (unpaired) electrons. The van der Waals surface area contributed by atoms with Gasteiger partial charge in [0, 0.05) is 17.8 Å². The maximum atomic E-state index is 13.0. The third-order valence-corrected chi connectivity index (χ3v) is 4.12. The van der Waals surface area contributed by atoms with Gasteiger partial charge >= 0.3 is 0 Å². The summed E-state index contributed by atoms with van der Waals surface area (Å²) in [4.78, 5) is 17.3. The van der Waals surface area contributed by atoms with E-state index in [-0.39, 0.29) is 11.8 Å². The van der Waals surface area contributed by atoms with Crippen LogP contribution in [0.3, 0.4) is 0 Å². The van der Waals surface area contributed by atoms with Gasteiger partial charge in [-0.3, -0.25) is 4.79 Å². The number of carbonyl (C=O) groups excluding carboxylic acids is 1. The summed E-state index contributed by atoms with van der Waals surface area (Å²) < 4.78 is 5.34. The third kappa shape index (κ3) is 3.75. The van der Waals surface area contributed by atoms with E-state index in [0.717, 1.165) is 17.8 Å². The van der Waals surface area contributed by atoms with Gasteiger partial charge in [-0.25, -0.2) is 4.98 Å². The number of rotatable bonds is 6. The van der Waals surface area contributed by atoms with Crippen molar-refractivity contribution in [2.24, 2.45) is 11.7 Å². The molecule has 0 aliphatic carbocycles. The lowest BCUT2D eigenvalue weighted by Gasteiger charge is -2.31. The minimum Gasteiger partial charge on any atom is -0.346 e. The Morgan fingerprint density at radius 3 is 2.58 bits per heavy atom. The van der Waals surface area contributed by atoms with Crippen molar-refractivity contribution in [1.29, 1.82) is 0 Å². The first-order valence-electron chi connectivity index (χ1n) is 8.46. The van der Waals surface area contributed by atoms with E-state index >= 15 is 0 Å². The standard InChI is InChI=1S/C18H28N4O2/c1-10(2)8-18(6,9-19)21-16(23)13-7-12(5)20-17-14(13)15(11(3)4)22-24-17/h7,10-11H,8-9,19H2,1-6H3,(H,21,23). The molecule has 1 unspecified atom stereocenters. The summed E-state index contributed by atoms with van der Waals surface area (Å²) in [6, 6.07) is 1.78. The first-order valence-corrected chi connectivity index (χ1v) is 8.46. The molecule has 1 atom stereocenters. The summed E-state index contributed by atoms with van der Waals surface area (Å²) in [5.41, 5.74) is 7.89. The fourth-order valence-corrected chi connectivity index (χ4v) is 3.10. The molecular weight excluding hydrogens is 304 g/mol. The van der Waals surface area contributed by atoms with Gasteiger partial charge in [0.1, 0.15) is 0 Å². The largest absolute Gasteiger partial charge is 0.346 e. The van der Waals surface area contributed by atoms with Gasteiger partial charge in [0.05, 0.1) is 16.6 Å². The van der Waals surface area contributed by atoms with Crippen molar-refractivity contribution >= 4 is 17.0 Å². The van der Waals surface area contributed by atoms with E-state index in [1.54, 1.807) is 6.07 Å². The van der Waals surface area contributed by atoms with Gasteiger partial charge in [-0.1, -0.05) is 32.9 Å². The van der Waals surface area contributed by atoms with Gasteiger partial charge < -0.3 is 15.6 Å². The van der Waals surface area contributed by atoms with Gasteiger partial charge in [-0.15, -0.1) is 0 Å². The highest BCUT2D eigenvalue weighted by Crippen LogP contribution is 2.28. The number of fused-ring (bicyclic) bond motifs is 1. The molecule has 2 heterocycles. The van der Waals surface area contributed by atoms with Crippen molar-refractivity contribution in [2.75, 3.05) is 6.54 Å². The molecule has 0 bridgehead atoms. The van der Waals surface area contributed by atoms with Crippen molar-refractivity contribution in [2.45, 2.75) is 59.4 Å². The summed E-state index contributed by atoms with van der Waals surface area (Å²) in [6.07, 6.45) is 0.809. The molecule has 0 saturated heterocycles. The minimum absolute atomic E-state index is 0.138. The summed E-state index contributed by atoms with van der Waals surface area (Å²) in [5, 5.41) is 7.90. The lowest BCUT2D eigenvalue weighted by atomic mass is 9.90. The van der Waals surface area contributed by atoms with Crippen molar-refractivity contribution in [1.82, 2.24) is 15.5 Å². The van der Waals surface area contributed by atoms with Gasteiger partial charge in [-0.05, 0) is 38.2 Å². The summed E-state index contributed by atoms with van der Waals surface area (Å²) in [5.74, 6) is 0.405. The fourth-order valence-electron chi connectivity index (χ4n) is 3.10. The molecule has 6 nitrogen and oxygen atoms in total. The van der Waals surface area contributed by atoms with Crippen LogP contribution >= 0.6 is 0 Å². The molecule has 0 fully saturated rings. The number of amides is 1. The molecule has 0 spiro atoms. The Morgan fingerprint density at radius 1 is 1.38 bits per heavy atom. The van der Waals surface area contributed by atoms with Crippen LogP contribution in [0.4, 0.5) is 0 Å². The molecule has 3 N–H and O–H groups in total. The number of hydrogen-bond donors (Lipinski definition) is 2. The Kier molecular flexibility index (Phi) is 5.28. The van der Waals surface area contributed by atoms with E-state index in [4.69, 9.17) is 10.3 Å². The van der Waals surface area contributed by atoms with Gasteiger partial charge in [-0.2, -0.15) is 0 Å². The summed E-state index contributed by atoms with van der Waals surface area (Å²) in [6.45, 7) is 12.5. The van der Waals surface area contributed by atoms with Crippen LogP contribution < -0.4 is 11.1 Å². The van der Waals surface area contributed by atoms with Crippen LogP contribution in [0.15, 0.2) is 10.6 Å². The quantitative estimate of drug-likeness (QED) is 0.847. The number of nitrogens with zero attached hydrogens (tertiary/aromatic N) is 2. The number of nitrogens with one attached hydrogen (secondary N) is 1. The number of aryl methyl sites for hydroxylation is 1. The zero-order chi connectivity index (χ0) is 18.1. The fraction of sp³-hybridized carbons (Fsp3) is 0.611. The molecule has 0 aromatic carbocycles. The first-order chi connectivity index (χ1) is 11.2. The maximum absolute atomic E-state index is 13.0. The van der Waals surface area contributed by atoms with Crippen LogP contribution in [0.2, 0.25) is 0 Å². The zero-order valence-corrected chi connectivity index (χ0v) is 15.4. The minimum atomic E-state index is -0.454. The normalized spacial score (nSPS) is 14.4. The summed E-state index contributed by atoms with van der Waals surface area (Å²) >= 11 is 0. The Morgan fingerprint density at radius 2 is 2.04 bits per heavy atom. The van der Waals surface area contributed by atoms with Crippen molar-refractivity contribution in [3.63, 3.8) is 0 Å². The molecule has 2 aromatic rings. The molecule has 0 aliphatic heterocycles. The van der Waals surface area contributed by atoms with Crippen LogP contribution in [-0.4, -0.2) is 28.1 Å². The third-order valence-electron chi connectivity index (χ3n) is 4.12. The summed E-state index contributed by atoms with van der Waals surface area (Å²) in [7, 11) is 0. The predicted octanol–water partition coefficient (Wildman–Crippen LogP) is 3.15. The number of carbonyl (C=O) groups is 1. The molecule has 24 heavy (non-hydrogen) atoms. The zero-order valence-electron chi connectivity index (χ0n) is 15.4. The molecular formula is C18H28N4O2. The second-order valence-corrected chi connectivity index (χ2v) is 7.53. The smallest absolute Gasteiger partial charge is 0.259 e. The number of pyridine rings is 1. The van der Waals surface area contributed by atoms with Crippen molar-refractivity contribution in [3.8, 4) is 0 Å². The average molecular weight is 332 g/mol. The van der Waals surface area contributed by atoms with Gasteiger partial charge in [0.2, 0.25) is 0 Å². The lowest BCUT2D eigenvalue weighted by molar-refractivity contribution is 0.0899. The second kappa shape index (κ2) is 6.89. The van der Waals surface area contributed by atoms with E-state index in [0.29, 0.717) is 29.1 Å². The van der Waals surface area contributed by atoms with E-state index in [1.165, 1.54) is 0 Å². The Hall–Kier alpha value is -1.95. The lowest BCUT2D eigenvalue weighted by Crippen LogP contribution is -2.52. The second-order valence-electron chi connectivity index (χ2n) is 7.53. The van der Waals surface area contributed by atoms with Crippen LogP contribution in [0.25, 0.3) is 11.1 Å². The Labute approximate surface area is 143 Å². The SMILES string of the molecule is Cc1cc(C(=O)NC(C)(CN)CC(C)C)c2c(C(C)C)noc2n1. The maximum Gasteiger partial charge on any atom is 0.259 e. The topological polar surface area (TPSA) is 94.0 Å². The Bertz CT molecular complexity index is 736. The highest BCUT2D eigenvalue weighted by Gasteiger charge is 2.29. The van der Waals surface area contributed by atoms with E-state index in [9.17, 15) is 4.79 Å². The molecule has 6 heteroatoms. The predicted molar refractivity (Wildman–Crippen MR) is 95.0 cm³/mol. The molecule has 0 saturated carbocycles. The van der Waals surface area contributed by atoms with Crippen LogP contribution in [0, 0.1) is 12.8 Å². The number of aromatic nitrogens is 2. The Balaban J connectivity index is 2.47. The van der Waals surface area contributed by atoms with Crippen LogP contribution in [0.1, 0.15) is 68.7 Å². The van der Waals surface area contributed by atoms with E-state index in [2.05, 4.69) is 29.3 Å². The van der Waals surface area contributed by atoms with Crippen LogP contribution in [0.5, 0.6) is 0 Å². The highest BCUT2D eigenvalue weighted by molar-refractivity contribution is 6.06. The van der Waals surface area contributed by atoms with Gasteiger partial charge in [0.25, 0.3) is 11.6 Å². The van der Waals surface area contributed by atoms with Crippen molar-refractivity contribution in [3.05, 3.63) is 23.0 Å². The number of hydrogen-bond acceptors (Lipinski definition) is 5.